The number of hydrogen-bond acceptors (Lipinski definition) is 3. The quantitative estimate of drug-likeness (QED) is 0.824. The summed E-state index contributed by atoms with van der Waals surface area (Å²) in [6.07, 6.45) is 5.18. The van der Waals surface area contributed by atoms with Crippen LogP contribution >= 0.6 is 0 Å². The lowest BCUT2D eigenvalue weighted by Crippen LogP contribution is -2.40. The molecule has 18 heavy (non-hydrogen) atoms. The number of likely N-dealkylation sites (N-methyl/N-ethyl adjacent to an activating group) is 1. The van der Waals surface area contributed by atoms with Gasteiger partial charge in [-0.3, -0.25) is 0 Å². The van der Waals surface area contributed by atoms with Crippen LogP contribution in [-0.2, 0) is 19.4 Å². The van der Waals surface area contributed by atoms with E-state index in [1.807, 2.05) is 0 Å². The molecule has 1 atom stereocenters. The molecule has 0 fully saturated rings. The molecule has 100 valence electrons. The van der Waals surface area contributed by atoms with Crippen molar-refractivity contribution in [3.8, 4) is 0 Å². The summed E-state index contributed by atoms with van der Waals surface area (Å²) < 4.78 is 0. The molecule has 4 N–H and O–H groups in total. The fraction of sp³-hybridized carbons (Fsp3) is 0.600. The van der Waals surface area contributed by atoms with Crippen LogP contribution < -0.4 is 11.5 Å². The summed E-state index contributed by atoms with van der Waals surface area (Å²) >= 11 is 0. The highest BCUT2D eigenvalue weighted by Gasteiger charge is 2.11. The lowest BCUT2D eigenvalue weighted by molar-refractivity contribution is 0.305. The van der Waals surface area contributed by atoms with Gasteiger partial charge in [-0.2, -0.15) is 0 Å². The Bertz CT molecular complexity index is 389. The standard InChI is InChI=1S/C15H25N3/c1-18(11-15(17)9-16)10-12-6-7-13-4-2-3-5-14(13)8-12/h6-8,15H,2-5,9-11,16-17H2,1H3. The van der Waals surface area contributed by atoms with Crippen LogP contribution in [-0.4, -0.2) is 31.1 Å². The number of rotatable bonds is 5. The van der Waals surface area contributed by atoms with Gasteiger partial charge in [0.05, 0.1) is 0 Å². The molecular weight excluding hydrogens is 222 g/mol. The van der Waals surface area contributed by atoms with Crippen LogP contribution in [0.15, 0.2) is 18.2 Å². The average molecular weight is 247 g/mol. The van der Waals surface area contributed by atoms with Crippen molar-refractivity contribution in [2.75, 3.05) is 20.1 Å². The van der Waals surface area contributed by atoms with Crippen LogP contribution in [0.25, 0.3) is 0 Å². The van der Waals surface area contributed by atoms with Gasteiger partial charge in [0.2, 0.25) is 0 Å². The second kappa shape index (κ2) is 6.32. The van der Waals surface area contributed by atoms with Crippen molar-refractivity contribution < 1.29 is 0 Å². The summed E-state index contributed by atoms with van der Waals surface area (Å²) in [5, 5.41) is 0. The Hall–Kier alpha value is -0.900. The number of hydrogen-bond donors (Lipinski definition) is 2. The van der Waals surface area contributed by atoms with E-state index in [0.29, 0.717) is 6.54 Å². The molecule has 0 heterocycles. The maximum Gasteiger partial charge on any atom is 0.0292 e. The summed E-state index contributed by atoms with van der Waals surface area (Å²) in [6.45, 7) is 2.36. The number of aryl methyl sites for hydroxylation is 2. The van der Waals surface area contributed by atoms with Crippen LogP contribution in [0, 0.1) is 0 Å². The van der Waals surface area contributed by atoms with Gasteiger partial charge in [0.1, 0.15) is 0 Å². The van der Waals surface area contributed by atoms with Crippen LogP contribution in [0.2, 0.25) is 0 Å². The Morgan fingerprint density at radius 2 is 1.94 bits per heavy atom. The molecule has 0 spiro atoms. The highest BCUT2D eigenvalue weighted by Crippen LogP contribution is 2.22. The van der Waals surface area contributed by atoms with E-state index in [2.05, 4.69) is 30.1 Å². The maximum atomic E-state index is 5.87. The first-order valence-electron chi connectivity index (χ1n) is 6.94. The van der Waals surface area contributed by atoms with Crippen molar-refractivity contribution in [1.29, 1.82) is 0 Å². The third kappa shape index (κ3) is 3.55. The van der Waals surface area contributed by atoms with Gasteiger partial charge >= 0.3 is 0 Å². The minimum atomic E-state index is 0.0765. The van der Waals surface area contributed by atoms with Crippen LogP contribution in [0.5, 0.6) is 0 Å². The Balaban J connectivity index is 1.97. The van der Waals surface area contributed by atoms with Crippen LogP contribution in [0.4, 0.5) is 0 Å². The molecule has 0 saturated heterocycles. The molecule has 3 heteroatoms. The number of nitrogens with two attached hydrogens (primary N) is 2. The van der Waals surface area contributed by atoms with Crippen molar-refractivity contribution in [3.63, 3.8) is 0 Å². The van der Waals surface area contributed by atoms with E-state index >= 15 is 0 Å². The monoisotopic (exact) mass is 247 g/mol. The Morgan fingerprint density at radius 1 is 1.22 bits per heavy atom. The van der Waals surface area contributed by atoms with Crippen molar-refractivity contribution in [3.05, 3.63) is 34.9 Å². The molecule has 1 aromatic carbocycles. The SMILES string of the molecule is CN(Cc1ccc2c(c1)CCCC2)CC(N)CN. The van der Waals surface area contributed by atoms with Crippen molar-refractivity contribution in [2.24, 2.45) is 11.5 Å². The molecule has 0 aliphatic heterocycles. The second-order valence-electron chi connectivity index (χ2n) is 5.50. The molecule has 1 aliphatic carbocycles. The highest BCUT2D eigenvalue weighted by atomic mass is 15.1. The zero-order valence-corrected chi connectivity index (χ0v) is 11.4. The Labute approximate surface area is 110 Å². The lowest BCUT2D eigenvalue weighted by atomic mass is 9.90. The normalized spacial score (nSPS) is 16.7. The molecule has 1 unspecified atom stereocenters. The highest BCUT2D eigenvalue weighted by molar-refractivity contribution is 5.33. The van der Waals surface area contributed by atoms with Gasteiger partial charge in [0.15, 0.2) is 0 Å². The minimum Gasteiger partial charge on any atom is -0.329 e. The number of fused-ring (bicyclic) bond motifs is 1. The first-order valence-corrected chi connectivity index (χ1v) is 6.94. The molecule has 1 aliphatic rings. The molecule has 0 aromatic heterocycles. The van der Waals surface area contributed by atoms with Crippen LogP contribution in [0.1, 0.15) is 29.5 Å². The zero-order chi connectivity index (χ0) is 13.0. The van der Waals surface area contributed by atoms with Crippen molar-refractivity contribution in [1.82, 2.24) is 4.90 Å². The molecule has 1 aromatic rings. The smallest absolute Gasteiger partial charge is 0.0292 e. The van der Waals surface area contributed by atoms with E-state index in [1.54, 1.807) is 11.1 Å². The van der Waals surface area contributed by atoms with E-state index < -0.39 is 0 Å². The Kier molecular flexibility index (Phi) is 4.75. The molecule has 0 radical (unpaired) electrons. The van der Waals surface area contributed by atoms with Gasteiger partial charge in [-0.1, -0.05) is 18.2 Å². The van der Waals surface area contributed by atoms with Crippen molar-refractivity contribution >= 4 is 0 Å². The maximum absolute atomic E-state index is 5.87. The van der Waals surface area contributed by atoms with Gasteiger partial charge < -0.3 is 16.4 Å². The number of nitrogens with zero attached hydrogens (tertiary/aromatic N) is 1. The number of benzene rings is 1. The zero-order valence-electron chi connectivity index (χ0n) is 11.4. The van der Waals surface area contributed by atoms with Gasteiger partial charge in [-0.25, -0.2) is 0 Å². The van der Waals surface area contributed by atoms with Gasteiger partial charge in [0.25, 0.3) is 0 Å². The average Bonchev–Trinajstić information content (AvgIpc) is 2.38. The summed E-state index contributed by atoms with van der Waals surface area (Å²) in [4.78, 5) is 2.25. The second-order valence-corrected chi connectivity index (χ2v) is 5.50. The summed E-state index contributed by atoms with van der Waals surface area (Å²) in [7, 11) is 2.11. The Morgan fingerprint density at radius 3 is 2.67 bits per heavy atom. The third-order valence-corrected chi connectivity index (χ3v) is 3.71. The summed E-state index contributed by atoms with van der Waals surface area (Å²) in [5.74, 6) is 0. The topological polar surface area (TPSA) is 55.3 Å². The molecule has 0 bridgehead atoms. The predicted molar refractivity (Wildman–Crippen MR) is 76.4 cm³/mol. The molecule has 2 rings (SSSR count). The third-order valence-electron chi connectivity index (χ3n) is 3.71. The fourth-order valence-corrected chi connectivity index (χ4v) is 2.74. The van der Waals surface area contributed by atoms with E-state index in [9.17, 15) is 0 Å². The first-order chi connectivity index (χ1) is 8.69. The van der Waals surface area contributed by atoms with E-state index in [1.165, 1.54) is 31.2 Å². The van der Waals surface area contributed by atoms with Crippen LogP contribution in [0.3, 0.4) is 0 Å². The fourth-order valence-electron chi connectivity index (χ4n) is 2.74. The molecular formula is C15H25N3. The van der Waals surface area contributed by atoms with E-state index in [0.717, 1.165) is 13.1 Å². The summed E-state index contributed by atoms with van der Waals surface area (Å²) in [5.41, 5.74) is 15.9. The van der Waals surface area contributed by atoms with Gasteiger partial charge in [-0.15, -0.1) is 0 Å². The molecule has 0 amide bonds. The van der Waals surface area contributed by atoms with Gasteiger partial charge in [0, 0.05) is 25.7 Å². The largest absolute Gasteiger partial charge is 0.329 e. The lowest BCUT2D eigenvalue weighted by Gasteiger charge is -2.22. The van der Waals surface area contributed by atoms with Gasteiger partial charge in [-0.05, 0) is 49.4 Å². The summed E-state index contributed by atoms with van der Waals surface area (Å²) in [6, 6.07) is 7.02. The molecule has 3 nitrogen and oxygen atoms in total. The molecule has 0 saturated carbocycles. The first kappa shape index (κ1) is 13.5. The van der Waals surface area contributed by atoms with Crippen molar-refractivity contribution in [2.45, 2.75) is 38.3 Å². The predicted octanol–water partition coefficient (Wildman–Crippen LogP) is 1.28. The van der Waals surface area contributed by atoms with E-state index in [4.69, 9.17) is 11.5 Å². The van der Waals surface area contributed by atoms with E-state index in [-0.39, 0.29) is 6.04 Å². The minimum absolute atomic E-state index is 0.0765.